The summed E-state index contributed by atoms with van der Waals surface area (Å²) < 4.78 is 5.29. The molecule has 102 valence electrons. The molecule has 0 bridgehead atoms. The number of nitrogens with two attached hydrogens (primary N) is 1. The third-order valence-electron chi connectivity index (χ3n) is 3.76. The summed E-state index contributed by atoms with van der Waals surface area (Å²) in [7, 11) is 1.67. The second-order valence-electron chi connectivity index (χ2n) is 5.08. The summed E-state index contributed by atoms with van der Waals surface area (Å²) in [4.78, 5) is 15.3. The number of hydrogen-bond acceptors (Lipinski definition) is 3. The van der Waals surface area contributed by atoms with E-state index >= 15 is 0 Å². The monoisotopic (exact) mass is 260 g/mol. The first-order valence-electron chi connectivity index (χ1n) is 6.58. The molecule has 1 aromatic carbocycles. The molecule has 19 heavy (non-hydrogen) atoms. The molecule has 1 heterocycles. The van der Waals surface area contributed by atoms with Crippen molar-refractivity contribution in [3.63, 3.8) is 0 Å². The van der Waals surface area contributed by atoms with Crippen molar-refractivity contribution in [1.82, 2.24) is 0 Å². The van der Waals surface area contributed by atoms with Gasteiger partial charge in [-0.1, -0.05) is 6.92 Å². The van der Waals surface area contributed by atoms with E-state index in [2.05, 4.69) is 18.0 Å². The van der Waals surface area contributed by atoms with E-state index < -0.39 is 0 Å². The zero-order valence-corrected chi connectivity index (χ0v) is 11.4. The van der Waals surface area contributed by atoms with Crippen LogP contribution in [0.5, 0.6) is 5.75 Å². The Morgan fingerprint density at radius 3 is 3.05 bits per heavy atom. The Morgan fingerprint density at radius 1 is 1.58 bits per heavy atom. The van der Waals surface area contributed by atoms with Crippen LogP contribution in [-0.4, -0.2) is 25.8 Å². The van der Waals surface area contributed by atoms with Gasteiger partial charge < -0.3 is 10.5 Å². The van der Waals surface area contributed by atoms with Crippen LogP contribution in [-0.2, 0) is 4.79 Å². The Morgan fingerprint density at radius 2 is 2.37 bits per heavy atom. The van der Waals surface area contributed by atoms with E-state index in [0.717, 1.165) is 24.3 Å². The lowest BCUT2D eigenvalue weighted by Gasteiger charge is -2.27. The van der Waals surface area contributed by atoms with Crippen LogP contribution < -0.4 is 10.5 Å². The summed E-state index contributed by atoms with van der Waals surface area (Å²) in [6.45, 7) is 2.91. The van der Waals surface area contributed by atoms with Crippen molar-refractivity contribution in [3.8, 4) is 5.75 Å². The Labute approximate surface area is 113 Å². The van der Waals surface area contributed by atoms with Crippen molar-refractivity contribution in [2.75, 3.05) is 13.7 Å². The van der Waals surface area contributed by atoms with E-state index in [-0.39, 0.29) is 5.91 Å². The molecule has 0 aromatic heterocycles. The lowest BCUT2D eigenvalue weighted by atomic mass is 9.81. The fourth-order valence-corrected chi connectivity index (χ4v) is 2.54. The van der Waals surface area contributed by atoms with Crippen molar-refractivity contribution in [2.45, 2.75) is 25.7 Å². The molecule has 4 heteroatoms. The number of primary amides is 1. The van der Waals surface area contributed by atoms with Crippen LogP contribution in [0.3, 0.4) is 0 Å². The Hall–Kier alpha value is -1.84. The minimum atomic E-state index is -0.239. The predicted molar refractivity (Wildman–Crippen MR) is 75.8 cm³/mol. The van der Waals surface area contributed by atoms with Crippen molar-refractivity contribution in [3.05, 3.63) is 29.3 Å². The highest BCUT2D eigenvalue weighted by Gasteiger charge is 2.24. The fourth-order valence-electron chi connectivity index (χ4n) is 2.54. The number of rotatable bonds is 5. The van der Waals surface area contributed by atoms with E-state index in [1.807, 2.05) is 18.3 Å². The van der Waals surface area contributed by atoms with Gasteiger partial charge >= 0.3 is 0 Å². The van der Waals surface area contributed by atoms with Gasteiger partial charge in [0.25, 0.3) is 0 Å². The highest BCUT2D eigenvalue weighted by atomic mass is 16.5. The Bertz CT molecular complexity index is 497. The molecule has 2 N–H and O–H groups in total. The second-order valence-corrected chi connectivity index (χ2v) is 5.08. The minimum Gasteiger partial charge on any atom is -0.497 e. The maximum absolute atomic E-state index is 10.9. The number of nitrogens with zero attached hydrogens (tertiary/aromatic N) is 1. The van der Waals surface area contributed by atoms with Gasteiger partial charge in [0.2, 0.25) is 5.91 Å². The first-order chi connectivity index (χ1) is 9.11. The van der Waals surface area contributed by atoms with E-state index in [4.69, 9.17) is 10.5 Å². The van der Waals surface area contributed by atoms with Crippen molar-refractivity contribution < 1.29 is 9.53 Å². The molecule has 1 aliphatic heterocycles. The van der Waals surface area contributed by atoms with Gasteiger partial charge in [-0.25, -0.2) is 0 Å². The normalized spacial score (nSPS) is 18.7. The maximum atomic E-state index is 10.9. The average Bonchev–Trinajstić information content (AvgIpc) is 2.43. The van der Waals surface area contributed by atoms with Gasteiger partial charge in [-0.3, -0.25) is 9.79 Å². The maximum Gasteiger partial charge on any atom is 0.217 e. The highest BCUT2D eigenvalue weighted by molar-refractivity contribution is 5.83. The molecule has 0 spiro atoms. The quantitative estimate of drug-likeness (QED) is 0.881. The summed E-state index contributed by atoms with van der Waals surface area (Å²) in [5, 5.41) is 0. The first kappa shape index (κ1) is 13.6. The van der Waals surface area contributed by atoms with Crippen LogP contribution in [0.4, 0.5) is 0 Å². The van der Waals surface area contributed by atoms with Gasteiger partial charge in [0.15, 0.2) is 0 Å². The van der Waals surface area contributed by atoms with Crippen LogP contribution in [0.2, 0.25) is 0 Å². The molecule has 1 aromatic rings. The summed E-state index contributed by atoms with van der Waals surface area (Å²) >= 11 is 0. The molecule has 0 saturated heterocycles. The molecule has 0 fully saturated rings. The third-order valence-corrected chi connectivity index (χ3v) is 3.76. The smallest absolute Gasteiger partial charge is 0.217 e. The molecule has 0 saturated carbocycles. The highest BCUT2D eigenvalue weighted by Crippen LogP contribution is 2.34. The minimum absolute atomic E-state index is 0.239. The first-order valence-corrected chi connectivity index (χ1v) is 6.58. The molecular weight excluding hydrogens is 240 g/mol. The molecule has 1 amide bonds. The van der Waals surface area contributed by atoms with Crippen molar-refractivity contribution in [1.29, 1.82) is 0 Å². The molecule has 1 aliphatic rings. The van der Waals surface area contributed by atoms with Crippen LogP contribution in [0.15, 0.2) is 23.2 Å². The molecule has 2 rings (SSSR count). The molecular formula is C15H20N2O2. The number of carbonyl (C=O) groups excluding carboxylic acids is 1. The van der Waals surface area contributed by atoms with Crippen LogP contribution in [0, 0.1) is 5.92 Å². The van der Waals surface area contributed by atoms with Crippen molar-refractivity contribution >= 4 is 12.1 Å². The predicted octanol–water partition coefficient (Wildman–Crippen LogP) is 2.11. The third kappa shape index (κ3) is 3.13. The van der Waals surface area contributed by atoms with E-state index in [9.17, 15) is 4.79 Å². The van der Waals surface area contributed by atoms with Crippen LogP contribution in [0.25, 0.3) is 0 Å². The number of ether oxygens (including phenoxy) is 1. The Kier molecular flexibility index (Phi) is 4.20. The number of fused-ring (bicyclic) bond motifs is 1. The largest absolute Gasteiger partial charge is 0.497 e. The standard InChI is InChI=1S/C15H20N2O2/c1-10(3-6-15(16)18)14-9-17-8-11-4-5-12(19-2)7-13(11)14/h4-5,7-8,10,14H,3,6,9H2,1-2H3,(H2,16,18). The van der Waals surface area contributed by atoms with Crippen LogP contribution in [0.1, 0.15) is 36.8 Å². The van der Waals surface area contributed by atoms with E-state index in [1.165, 1.54) is 5.56 Å². The molecule has 4 nitrogen and oxygen atoms in total. The topological polar surface area (TPSA) is 64.7 Å². The van der Waals surface area contributed by atoms with Crippen LogP contribution >= 0.6 is 0 Å². The zero-order chi connectivity index (χ0) is 13.8. The second kappa shape index (κ2) is 5.87. The summed E-state index contributed by atoms with van der Waals surface area (Å²) in [5.41, 5.74) is 7.62. The number of carbonyl (C=O) groups is 1. The number of aliphatic imine (C=N–C) groups is 1. The summed E-state index contributed by atoms with van der Waals surface area (Å²) in [6, 6.07) is 6.05. The zero-order valence-electron chi connectivity index (χ0n) is 11.4. The van der Waals surface area contributed by atoms with Gasteiger partial charge in [0.05, 0.1) is 7.11 Å². The number of benzene rings is 1. The fraction of sp³-hybridized carbons (Fsp3) is 0.467. The van der Waals surface area contributed by atoms with E-state index in [1.54, 1.807) is 7.11 Å². The summed E-state index contributed by atoms with van der Waals surface area (Å²) in [5.74, 6) is 1.32. The number of hydrogen-bond donors (Lipinski definition) is 1. The lowest BCUT2D eigenvalue weighted by molar-refractivity contribution is -0.118. The Balaban J connectivity index is 2.20. The van der Waals surface area contributed by atoms with Gasteiger partial charge in [0.1, 0.15) is 5.75 Å². The van der Waals surface area contributed by atoms with Gasteiger partial charge in [-0.05, 0) is 41.7 Å². The molecule has 2 unspecified atom stereocenters. The number of amides is 1. The van der Waals surface area contributed by atoms with Gasteiger partial charge in [-0.15, -0.1) is 0 Å². The number of methoxy groups -OCH3 is 1. The van der Waals surface area contributed by atoms with Gasteiger partial charge in [-0.2, -0.15) is 0 Å². The lowest BCUT2D eigenvalue weighted by Crippen LogP contribution is -2.20. The van der Waals surface area contributed by atoms with Crippen molar-refractivity contribution in [2.24, 2.45) is 16.6 Å². The average molecular weight is 260 g/mol. The van der Waals surface area contributed by atoms with Gasteiger partial charge in [0, 0.05) is 25.1 Å². The molecule has 2 atom stereocenters. The molecule has 0 aliphatic carbocycles. The SMILES string of the molecule is COc1ccc2c(c1)C(C(C)CCC(N)=O)CN=C2. The van der Waals surface area contributed by atoms with E-state index in [0.29, 0.717) is 18.3 Å². The molecule has 0 radical (unpaired) electrons. The summed E-state index contributed by atoms with van der Waals surface area (Å²) in [6.07, 6.45) is 3.14.